The van der Waals surface area contributed by atoms with E-state index >= 15 is 0 Å². The predicted molar refractivity (Wildman–Crippen MR) is 91.2 cm³/mol. The summed E-state index contributed by atoms with van der Waals surface area (Å²) in [4.78, 5) is 13.9. The number of benzene rings is 1. The minimum atomic E-state index is 0.0174. The van der Waals surface area contributed by atoms with Crippen LogP contribution in [-0.2, 0) is 6.54 Å². The van der Waals surface area contributed by atoms with E-state index in [4.69, 9.17) is 5.26 Å². The number of amides is 2. The van der Waals surface area contributed by atoms with Crippen molar-refractivity contribution in [2.75, 3.05) is 19.6 Å². The maximum absolute atomic E-state index is 12.0. The Morgan fingerprint density at radius 2 is 2.08 bits per heavy atom. The summed E-state index contributed by atoms with van der Waals surface area (Å²) < 4.78 is 1.81. The minimum Gasteiger partial charge on any atom is -0.336 e. The van der Waals surface area contributed by atoms with Crippen LogP contribution in [0, 0.1) is 11.3 Å². The van der Waals surface area contributed by atoms with Gasteiger partial charge in [0.05, 0.1) is 23.9 Å². The van der Waals surface area contributed by atoms with Crippen molar-refractivity contribution < 1.29 is 4.79 Å². The molecule has 1 aliphatic rings. The molecule has 0 bridgehead atoms. The molecule has 24 heavy (non-hydrogen) atoms. The van der Waals surface area contributed by atoms with Crippen LogP contribution in [0.3, 0.4) is 0 Å². The van der Waals surface area contributed by atoms with Crippen LogP contribution < -0.4 is 5.32 Å². The summed E-state index contributed by atoms with van der Waals surface area (Å²) in [5, 5.41) is 16.4. The zero-order chi connectivity index (χ0) is 16.8. The van der Waals surface area contributed by atoms with Crippen LogP contribution >= 0.6 is 0 Å². The molecule has 1 saturated heterocycles. The Kier molecular flexibility index (Phi) is 5.12. The zero-order valence-electron chi connectivity index (χ0n) is 13.6. The molecule has 0 atom stereocenters. The summed E-state index contributed by atoms with van der Waals surface area (Å²) in [5.74, 6) is 0. The van der Waals surface area contributed by atoms with E-state index in [0.717, 1.165) is 37.2 Å². The van der Waals surface area contributed by atoms with Gasteiger partial charge in [0, 0.05) is 31.4 Å². The molecule has 124 valence electrons. The van der Waals surface area contributed by atoms with Crippen molar-refractivity contribution in [2.45, 2.75) is 25.8 Å². The van der Waals surface area contributed by atoms with Crippen LogP contribution in [-0.4, -0.2) is 40.3 Å². The Balaban J connectivity index is 1.52. The second-order valence-corrected chi connectivity index (χ2v) is 5.94. The predicted octanol–water partition coefficient (Wildman–Crippen LogP) is 2.62. The number of carbonyl (C=O) groups is 1. The maximum Gasteiger partial charge on any atom is 0.317 e. The maximum atomic E-state index is 12.0. The Hall–Kier alpha value is -2.81. The monoisotopic (exact) mass is 323 g/mol. The van der Waals surface area contributed by atoms with Gasteiger partial charge in [0.25, 0.3) is 0 Å². The lowest BCUT2D eigenvalue weighted by atomic mass is 10.1. The molecule has 0 saturated carbocycles. The third-order valence-electron chi connectivity index (χ3n) is 4.19. The SMILES string of the molecule is N#Cc1cccc(-c2ccn(CCNC(=O)N3CCCCC3)n2)c1. The Bertz CT molecular complexity index is 740. The summed E-state index contributed by atoms with van der Waals surface area (Å²) in [6, 6.07) is 11.5. The number of nitrogens with zero attached hydrogens (tertiary/aromatic N) is 4. The summed E-state index contributed by atoms with van der Waals surface area (Å²) >= 11 is 0. The lowest BCUT2D eigenvalue weighted by molar-refractivity contribution is 0.186. The number of hydrogen-bond acceptors (Lipinski definition) is 3. The third-order valence-corrected chi connectivity index (χ3v) is 4.19. The molecule has 6 heteroatoms. The van der Waals surface area contributed by atoms with Gasteiger partial charge in [-0.2, -0.15) is 10.4 Å². The summed E-state index contributed by atoms with van der Waals surface area (Å²) in [5.41, 5.74) is 2.37. The Morgan fingerprint density at radius 3 is 2.88 bits per heavy atom. The highest BCUT2D eigenvalue weighted by Gasteiger charge is 2.15. The number of hydrogen-bond donors (Lipinski definition) is 1. The molecule has 1 aromatic carbocycles. The van der Waals surface area contributed by atoms with Crippen LogP contribution in [0.5, 0.6) is 0 Å². The topological polar surface area (TPSA) is 74.0 Å². The molecule has 1 aliphatic heterocycles. The van der Waals surface area contributed by atoms with Gasteiger partial charge in [-0.05, 0) is 37.5 Å². The van der Waals surface area contributed by atoms with Gasteiger partial charge in [0.1, 0.15) is 0 Å². The van der Waals surface area contributed by atoms with Crippen molar-refractivity contribution in [3.05, 3.63) is 42.1 Å². The number of nitrogens with one attached hydrogen (secondary N) is 1. The van der Waals surface area contributed by atoms with Crippen molar-refractivity contribution in [1.29, 1.82) is 5.26 Å². The molecule has 3 rings (SSSR count). The van der Waals surface area contributed by atoms with E-state index in [2.05, 4.69) is 16.5 Å². The zero-order valence-corrected chi connectivity index (χ0v) is 13.6. The molecule has 0 unspecified atom stereocenters. The molecule has 1 N–H and O–H groups in total. The number of piperidine rings is 1. The molecule has 2 aromatic rings. The van der Waals surface area contributed by atoms with Gasteiger partial charge in [-0.15, -0.1) is 0 Å². The molecule has 2 amide bonds. The van der Waals surface area contributed by atoms with Gasteiger partial charge in [-0.1, -0.05) is 12.1 Å². The van der Waals surface area contributed by atoms with Crippen LogP contribution in [0.4, 0.5) is 4.79 Å². The second-order valence-electron chi connectivity index (χ2n) is 5.94. The molecule has 6 nitrogen and oxygen atoms in total. The van der Waals surface area contributed by atoms with Crippen molar-refractivity contribution in [3.63, 3.8) is 0 Å². The molecular formula is C18H21N5O. The molecule has 0 radical (unpaired) electrons. The molecule has 1 aromatic heterocycles. The number of carbonyl (C=O) groups excluding carboxylic acids is 1. The van der Waals surface area contributed by atoms with E-state index < -0.39 is 0 Å². The first kappa shape index (κ1) is 16.1. The largest absolute Gasteiger partial charge is 0.336 e. The van der Waals surface area contributed by atoms with Crippen molar-refractivity contribution >= 4 is 6.03 Å². The van der Waals surface area contributed by atoms with Crippen LogP contribution in [0.2, 0.25) is 0 Å². The van der Waals surface area contributed by atoms with Gasteiger partial charge in [-0.3, -0.25) is 4.68 Å². The molecule has 0 aliphatic carbocycles. The summed E-state index contributed by atoms with van der Waals surface area (Å²) in [6.07, 6.45) is 5.30. The fourth-order valence-electron chi connectivity index (χ4n) is 2.87. The molecule has 1 fully saturated rings. The van der Waals surface area contributed by atoms with Gasteiger partial charge < -0.3 is 10.2 Å². The standard InChI is InChI=1S/C18H21N5O/c19-14-15-5-4-6-16(13-15)17-7-11-23(21-17)12-8-20-18(24)22-9-2-1-3-10-22/h4-7,11,13H,1-3,8-10,12H2,(H,20,24). The first-order valence-corrected chi connectivity index (χ1v) is 8.33. The quantitative estimate of drug-likeness (QED) is 0.940. The molecule has 2 heterocycles. The van der Waals surface area contributed by atoms with Crippen LogP contribution in [0.15, 0.2) is 36.5 Å². The number of likely N-dealkylation sites (tertiary alicyclic amines) is 1. The highest BCUT2D eigenvalue weighted by molar-refractivity contribution is 5.74. The third kappa shape index (κ3) is 3.93. The Labute approximate surface area is 141 Å². The lowest BCUT2D eigenvalue weighted by Gasteiger charge is -2.26. The molecular weight excluding hydrogens is 302 g/mol. The van der Waals surface area contributed by atoms with Gasteiger partial charge in [0.15, 0.2) is 0 Å². The summed E-state index contributed by atoms with van der Waals surface area (Å²) in [7, 11) is 0. The van der Waals surface area contributed by atoms with E-state index in [9.17, 15) is 4.79 Å². The fourth-order valence-corrected chi connectivity index (χ4v) is 2.87. The van der Waals surface area contributed by atoms with E-state index in [1.165, 1.54) is 6.42 Å². The smallest absolute Gasteiger partial charge is 0.317 e. The summed E-state index contributed by atoms with van der Waals surface area (Å²) in [6.45, 7) is 2.88. The average molecular weight is 323 g/mol. The number of urea groups is 1. The van der Waals surface area contributed by atoms with E-state index in [1.54, 1.807) is 6.07 Å². The first-order valence-electron chi connectivity index (χ1n) is 8.33. The van der Waals surface area contributed by atoms with Crippen LogP contribution in [0.25, 0.3) is 11.3 Å². The van der Waals surface area contributed by atoms with Gasteiger partial charge in [0.2, 0.25) is 0 Å². The molecule has 0 spiro atoms. The van der Waals surface area contributed by atoms with Crippen molar-refractivity contribution in [1.82, 2.24) is 20.0 Å². The normalized spacial score (nSPS) is 14.2. The highest BCUT2D eigenvalue weighted by Crippen LogP contribution is 2.17. The minimum absolute atomic E-state index is 0.0174. The highest BCUT2D eigenvalue weighted by atomic mass is 16.2. The Morgan fingerprint density at radius 1 is 1.25 bits per heavy atom. The van der Waals surface area contributed by atoms with Gasteiger partial charge in [-0.25, -0.2) is 4.79 Å². The lowest BCUT2D eigenvalue weighted by Crippen LogP contribution is -2.43. The fraction of sp³-hybridized carbons (Fsp3) is 0.389. The number of rotatable bonds is 4. The number of aromatic nitrogens is 2. The number of nitriles is 1. The van der Waals surface area contributed by atoms with E-state index in [0.29, 0.717) is 18.7 Å². The second kappa shape index (κ2) is 7.64. The average Bonchev–Trinajstić information content (AvgIpc) is 3.11. The first-order chi connectivity index (χ1) is 11.8. The van der Waals surface area contributed by atoms with Crippen LogP contribution in [0.1, 0.15) is 24.8 Å². The van der Waals surface area contributed by atoms with Crippen molar-refractivity contribution in [2.24, 2.45) is 0 Å². The van der Waals surface area contributed by atoms with E-state index in [1.807, 2.05) is 40.0 Å². The van der Waals surface area contributed by atoms with Gasteiger partial charge >= 0.3 is 6.03 Å². The van der Waals surface area contributed by atoms with E-state index in [-0.39, 0.29) is 6.03 Å². The van der Waals surface area contributed by atoms with Crippen molar-refractivity contribution in [3.8, 4) is 17.3 Å².